The highest BCUT2D eigenvalue weighted by molar-refractivity contribution is 5.99. The van der Waals surface area contributed by atoms with Gasteiger partial charge in [-0.1, -0.05) is 5.16 Å². The molecule has 0 radical (unpaired) electrons. The Morgan fingerprint density at radius 1 is 1.40 bits per heavy atom. The Kier molecular flexibility index (Phi) is 2.62. The standard InChI is InChI=1S/C10H15N3O2/c1-7-8(9(11)15-12-7)10(14)13-5-3-2-4-6-13/h2-6,11H2,1H3. The van der Waals surface area contributed by atoms with E-state index in [2.05, 4.69) is 5.16 Å². The molecule has 0 bridgehead atoms. The molecule has 82 valence electrons. The smallest absolute Gasteiger partial charge is 0.261 e. The molecule has 0 aromatic carbocycles. The molecule has 1 amide bonds. The zero-order chi connectivity index (χ0) is 10.8. The van der Waals surface area contributed by atoms with Crippen molar-refractivity contribution in [2.75, 3.05) is 18.8 Å². The minimum Gasteiger partial charge on any atom is -0.367 e. The van der Waals surface area contributed by atoms with Gasteiger partial charge in [0, 0.05) is 13.1 Å². The Bertz CT molecular complexity index is 347. The van der Waals surface area contributed by atoms with Crippen LogP contribution in [0.1, 0.15) is 35.3 Å². The van der Waals surface area contributed by atoms with Crippen LogP contribution < -0.4 is 5.73 Å². The highest BCUT2D eigenvalue weighted by Crippen LogP contribution is 2.20. The predicted molar refractivity (Wildman–Crippen MR) is 55.4 cm³/mol. The summed E-state index contributed by atoms with van der Waals surface area (Å²) in [6.45, 7) is 3.35. The van der Waals surface area contributed by atoms with E-state index in [0.29, 0.717) is 11.3 Å². The molecular formula is C10H15N3O2. The summed E-state index contributed by atoms with van der Waals surface area (Å²) in [5, 5.41) is 3.68. The Morgan fingerprint density at radius 3 is 2.60 bits per heavy atom. The lowest BCUT2D eigenvalue weighted by Gasteiger charge is -2.26. The monoisotopic (exact) mass is 209 g/mol. The van der Waals surface area contributed by atoms with Crippen LogP contribution in [0.3, 0.4) is 0 Å². The van der Waals surface area contributed by atoms with Crippen LogP contribution in [-0.2, 0) is 0 Å². The van der Waals surface area contributed by atoms with E-state index in [-0.39, 0.29) is 11.8 Å². The van der Waals surface area contributed by atoms with E-state index in [1.807, 2.05) is 4.90 Å². The van der Waals surface area contributed by atoms with E-state index in [1.54, 1.807) is 6.92 Å². The third-order valence-electron chi connectivity index (χ3n) is 2.75. The SMILES string of the molecule is Cc1noc(N)c1C(=O)N1CCCCC1. The van der Waals surface area contributed by atoms with Crippen molar-refractivity contribution < 1.29 is 9.32 Å². The molecule has 0 atom stereocenters. The number of hydrogen-bond donors (Lipinski definition) is 1. The van der Waals surface area contributed by atoms with Crippen LogP contribution in [-0.4, -0.2) is 29.1 Å². The predicted octanol–water partition coefficient (Wildman–Crippen LogP) is 1.19. The summed E-state index contributed by atoms with van der Waals surface area (Å²) in [5.41, 5.74) is 6.57. The molecule has 0 spiro atoms. The Balaban J connectivity index is 2.19. The van der Waals surface area contributed by atoms with Crippen LogP contribution in [0.2, 0.25) is 0 Å². The van der Waals surface area contributed by atoms with E-state index < -0.39 is 0 Å². The highest BCUT2D eigenvalue weighted by atomic mass is 16.5. The summed E-state index contributed by atoms with van der Waals surface area (Å²) in [6, 6.07) is 0. The lowest BCUT2D eigenvalue weighted by molar-refractivity contribution is 0.0724. The van der Waals surface area contributed by atoms with Gasteiger partial charge in [0.05, 0.1) is 5.69 Å². The number of nitrogen functional groups attached to an aromatic ring is 1. The van der Waals surface area contributed by atoms with Gasteiger partial charge >= 0.3 is 0 Å². The Labute approximate surface area is 88.2 Å². The molecular weight excluding hydrogens is 194 g/mol. The van der Waals surface area contributed by atoms with Gasteiger partial charge in [-0.05, 0) is 26.2 Å². The maximum Gasteiger partial charge on any atom is 0.261 e. The summed E-state index contributed by atoms with van der Waals surface area (Å²) in [5.74, 6) is 0.0778. The number of aryl methyl sites for hydroxylation is 1. The fraction of sp³-hybridized carbons (Fsp3) is 0.600. The molecule has 0 aliphatic carbocycles. The molecule has 1 aromatic rings. The van der Waals surface area contributed by atoms with E-state index in [1.165, 1.54) is 6.42 Å². The number of aromatic nitrogens is 1. The van der Waals surface area contributed by atoms with Crippen LogP contribution in [0, 0.1) is 6.92 Å². The minimum atomic E-state index is -0.0500. The topological polar surface area (TPSA) is 72.4 Å². The molecule has 0 saturated carbocycles. The van der Waals surface area contributed by atoms with Crippen LogP contribution in [0.15, 0.2) is 4.52 Å². The quantitative estimate of drug-likeness (QED) is 0.754. The number of anilines is 1. The Hall–Kier alpha value is -1.52. The highest BCUT2D eigenvalue weighted by Gasteiger charge is 2.24. The van der Waals surface area contributed by atoms with Crippen molar-refractivity contribution in [3.63, 3.8) is 0 Å². The Morgan fingerprint density at radius 2 is 2.07 bits per heavy atom. The first-order valence-corrected chi connectivity index (χ1v) is 5.21. The second-order valence-electron chi connectivity index (χ2n) is 3.86. The van der Waals surface area contributed by atoms with Gasteiger partial charge in [0.15, 0.2) is 0 Å². The summed E-state index contributed by atoms with van der Waals surface area (Å²) in [7, 11) is 0. The second-order valence-corrected chi connectivity index (χ2v) is 3.86. The third kappa shape index (κ3) is 1.82. The zero-order valence-corrected chi connectivity index (χ0v) is 8.82. The number of piperidine rings is 1. The van der Waals surface area contributed by atoms with Crippen molar-refractivity contribution >= 4 is 11.8 Å². The normalized spacial score (nSPS) is 16.7. The maximum atomic E-state index is 12.0. The number of carbonyl (C=O) groups excluding carboxylic acids is 1. The molecule has 1 aromatic heterocycles. The van der Waals surface area contributed by atoms with Gasteiger partial charge in [0.25, 0.3) is 5.91 Å². The van der Waals surface area contributed by atoms with Gasteiger partial charge in [-0.2, -0.15) is 0 Å². The first-order chi connectivity index (χ1) is 7.20. The fourth-order valence-corrected chi connectivity index (χ4v) is 1.90. The number of hydrogen-bond acceptors (Lipinski definition) is 4. The summed E-state index contributed by atoms with van der Waals surface area (Å²) in [4.78, 5) is 13.9. The molecule has 0 unspecified atom stereocenters. The lowest BCUT2D eigenvalue weighted by atomic mass is 10.1. The second kappa shape index (κ2) is 3.92. The van der Waals surface area contributed by atoms with Crippen molar-refractivity contribution in [2.45, 2.75) is 26.2 Å². The van der Waals surface area contributed by atoms with E-state index >= 15 is 0 Å². The number of nitrogens with zero attached hydrogens (tertiary/aromatic N) is 2. The zero-order valence-electron chi connectivity index (χ0n) is 8.82. The van der Waals surface area contributed by atoms with Crippen molar-refractivity contribution in [2.24, 2.45) is 0 Å². The number of rotatable bonds is 1. The largest absolute Gasteiger partial charge is 0.367 e. The molecule has 15 heavy (non-hydrogen) atoms. The van der Waals surface area contributed by atoms with Crippen LogP contribution in [0.25, 0.3) is 0 Å². The molecule has 5 heteroatoms. The molecule has 1 aliphatic heterocycles. The van der Waals surface area contributed by atoms with Gasteiger partial charge in [-0.3, -0.25) is 4.79 Å². The number of amides is 1. The molecule has 1 fully saturated rings. The van der Waals surface area contributed by atoms with E-state index in [4.69, 9.17) is 10.3 Å². The average Bonchev–Trinajstić information content (AvgIpc) is 2.59. The average molecular weight is 209 g/mol. The maximum absolute atomic E-state index is 12.0. The third-order valence-corrected chi connectivity index (χ3v) is 2.75. The molecule has 5 nitrogen and oxygen atoms in total. The van der Waals surface area contributed by atoms with E-state index in [9.17, 15) is 4.79 Å². The van der Waals surface area contributed by atoms with Gasteiger partial charge < -0.3 is 15.2 Å². The molecule has 1 saturated heterocycles. The summed E-state index contributed by atoms with van der Waals surface area (Å²) < 4.78 is 4.79. The number of nitrogens with two attached hydrogens (primary N) is 1. The lowest BCUT2D eigenvalue weighted by Crippen LogP contribution is -2.36. The van der Waals surface area contributed by atoms with Crippen molar-refractivity contribution in [3.8, 4) is 0 Å². The summed E-state index contributed by atoms with van der Waals surface area (Å²) >= 11 is 0. The van der Waals surface area contributed by atoms with Crippen LogP contribution >= 0.6 is 0 Å². The van der Waals surface area contributed by atoms with Crippen molar-refractivity contribution in [3.05, 3.63) is 11.3 Å². The summed E-state index contributed by atoms with van der Waals surface area (Å²) in [6.07, 6.45) is 3.33. The van der Waals surface area contributed by atoms with Crippen molar-refractivity contribution in [1.82, 2.24) is 10.1 Å². The number of carbonyl (C=O) groups is 1. The first-order valence-electron chi connectivity index (χ1n) is 5.21. The van der Waals surface area contributed by atoms with Crippen LogP contribution in [0.4, 0.5) is 5.88 Å². The molecule has 2 rings (SSSR count). The molecule has 2 N–H and O–H groups in total. The van der Waals surface area contributed by atoms with Gasteiger partial charge in [0.2, 0.25) is 5.88 Å². The fourth-order valence-electron chi connectivity index (χ4n) is 1.90. The van der Waals surface area contributed by atoms with Gasteiger partial charge in [-0.25, -0.2) is 0 Å². The van der Waals surface area contributed by atoms with E-state index in [0.717, 1.165) is 25.9 Å². The van der Waals surface area contributed by atoms with Crippen molar-refractivity contribution in [1.29, 1.82) is 0 Å². The minimum absolute atomic E-state index is 0.0500. The molecule has 2 heterocycles. The van der Waals surface area contributed by atoms with Crippen LogP contribution in [0.5, 0.6) is 0 Å². The first kappa shape index (κ1) is 10.0. The van der Waals surface area contributed by atoms with Gasteiger partial charge in [-0.15, -0.1) is 0 Å². The van der Waals surface area contributed by atoms with Gasteiger partial charge in [0.1, 0.15) is 5.56 Å². The molecule has 1 aliphatic rings. The number of likely N-dealkylation sites (tertiary alicyclic amines) is 1.